The zero-order chi connectivity index (χ0) is 22.6. The molecule has 0 amide bonds. The van der Waals surface area contributed by atoms with Gasteiger partial charge < -0.3 is 30.1 Å². The van der Waals surface area contributed by atoms with Gasteiger partial charge in [0.05, 0.1) is 16.8 Å². The van der Waals surface area contributed by atoms with Gasteiger partial charge in [-0.2, -0.15) is 0 Å². The molecule has 1 aliphatic heterocycles. The van der Waals surface area contributed by atoms with Crippen LogP contribution in [0.4, 0.5) is 5.69 Å². The van der Waals surface area contributed by atoms with Crippen molar-refractivity contribution in [3.63, 3.8) is 0 Å². The van der Waals surface area contributed by atoms with E-state index in [1.165, 1.54) is 30.3 Å². The monoisotopic (exact) mass is 432 g/mol. The quantitative estimate of drug-likeness (QED) is 0.481. The number of ether oxygens (including phenoxy) is 2. The van der Waals surface area contributed by atoms with Crippen molar-refractivity contribution in [3.05, 3.63) is 46.7 Å². The smallest absolute Gasteiger partial charge is 0.338 e. The second-order valence-electron chi connectivity index (χ2n) is 9.27. The van der Waals surface area contributed by atoms with Gasteiger partial charge in [0.15, 0.2) is 0 Å². The topological polar surface area (TPSA) is 140 Å². The van der Waals surface area contributed by atoms with Crippen molar-refractivity contribution in [2.24, 2.45) is 16.7 Å². The molecule has 31 heavy (non-hydrogen) atoms. The largest absolute Gasteiger partial charge is 0.733 e. The van der Waals surface area contributed by atoms with Crippen LogP contribution in [-0.4, -0.2) is 52.3 Å². The summed E-state index contributed by atoms with van der Waals surface area (Å²) < 4.78 is 11.0. The van der Waals surface area contributed by atoms with E-state index in [9.17, 15) is 25.0 Å². The summed E-state index contributed by atoms with van der Waals surface area (Å²) in [5.41, 5.74) is -2.82. The fraction of sp³-hybridized carbons (Fsp3) is 0.545. The molecular formula is C22H26NO8-. The van der Waals surface area contributed by atoms with E-state index in [2.05, 4.69) is 0 Å². The number of carbonyl (C=O) groups is 2. The Kier molecular flexibility index (Phi) is 5.13. The van der Waals surface area contributed by atoms with Gasteiger partial charge in [0.2, 0.25) is 0 Å². The molecule has 2 aliphatic carbocycles. The highest BCUT2D eigenvalue weighted by Crippen LogP contribution is 2.63. The average molecular weight is 432 g/mol. The summed E-state index contributed by atoms with van der Waals surface area (Å²) in [6.45, 7) is 3.43. The lowest BCUT2D eigenvalue weighted by atomic mass is 9.46. The van der Waals surface area contributed by atoms with Crippen LogP contribution in [0.15, 0.2) is 35.9 Å². The Balaban J connectivity index is 1.73. The Morgan fingerprint density at radius 2 is 1.97 bits per heavy atom. The van der Waals surface area contributed by atoms with Crippen molar-refractivity contribution in [3.8, 4) is 0 Å². The number of hydrogen-bond acceptors (Lipinski definition) is 9. The Bertz CT molecular complexity index is 928. The highest BCUT2D eigenvalue weighted by molar-refractivity contribution is 5.94. The first-order valence-electron chi connectivity index (χ1n) is 10.3. The number of nitrogens with zero attached hydrogens (tertiary/aromatic N) is 1. The fourth-order valence-corrected chi connectivity index (χ4v) is 5.79. The molecule has 1 aromatic carbocycles. The van der Waals surface area contributed by atoms with E-state index >= 15 is 0 Å². The van der Waals surface area contributed by atoms with Crippen LogP contribution in [0.2, 0.25) is 0 Å². The summed E-state index contributed by atoms with van der Waals surface area (Å²) in [6, 6.07) is 5.25. The maximum atomic E-state index is 12.9. The van der Waals surface area contributed by atoms with Gasteiger partial charge in [0, 0.05) is 17.9 Å². The first kappa shape index (κ1) is 21.8. The molecule has 5 atom stereocenters. The van der Waals surface area contributed by atoms with Gasteiger partial charge in [0.25, 0.3) is 0 Å². The maximum Gasteiger partial charge on any atom is 0.338 e. The molecule has 9 heteroatoms. The van der Waals surface area contributed by atoms with Gasteiger partial charge in [-0.3, -0.25) is 5.21 Å². The Hall–Kier alpha value is -2.46. The van der Waals surface area contributed by atoms with E-state index in [4.69, 9.17) is 14.7 Å². The lowest BCUT2D eigenvalue weighted by molar-refractivity contribution is -0.185. The summed E-state index contributed by atoms with van der Waals surface area (Å²) >= 11 is 0. The van der Waals surface area contributed by atoms with Gasteiger partial charge in [-0.05, 0) is 48.6 Å². The van der Waals surface area contributed by atoms with Crippen molar-refractivity contribution >= 4 is 17.6 Å². The van der Waals surface area contributed by atoms with E-state index in [1.807, 2.05) is 13.8 Å². The first-order chi connectivity index (χ1) is 14.6. The number of fused-ring (bicyclic) bond motifs is 3. The molecule has 2 fully saturated rings. The lowest BCUT2D eigenvalue weighted by Gasteiger charge is -2.60. The number of aliphatic hydroxyl groups excluding tert-OH is 1. The van der Waals surface area contributed by atoms with Crippen LogP contribution in [0.1, 0.15) is 43.5 Å². The minimum atomic E-state index is -1.52. The maximum absolute atomic E-state index is 12.9. The van der Waals surface area contributed by atoms with E-state index in [1.54, 1.807) is 0 Å². The van der Waals surface area contributed by atoms with Gasteiger partial charge in [-0.25, -0.2) is 9.59 Å². The summed E-state index contributed by atoms with van der Waals surface area (Å²) in [6.07, 6.45) is 2.58. The highest BCUT2D eigenvalue weighted by atomic mass is 16.8. The SMILES string of the molecule is C[C@]1(CO)CCC[C@@]2(C)C1C(OC(=O)c1ccc(N([O-])O)cc1)C=C1C(=O)OC[C@@]12O. The number of hydrogen-bond donors (Lipinski definition) is 3. The molecular weight excluding hydrogens is 406 g/mol. The normalized spacial score (nSPS) is 36.7. The van der Waals surface area contributed by atoms with Crippen molar-refractivity contribution < 1.29 is 34.5 Å². The van der Waals surface area contributed by atoms with Crippen LogP contribution < -0.4 is 5.23 Å². The molecule has 3 aliphatic rings. The lowest BCUT2D eigenvalue weighted by Crippen LogP contribution is -2.65. The molecule has 1 saturated carbocycles. The van der Waals surface area contributed by atoms with Crippen molar-refractivity contribution in [2.75, 3.05) is 18.4 Å². The minimum absolute atomic E-state index is 0.0391. The number of anilines is 1. The van der Waals surface area contributed by atoms with Crippen molar-refractivity contribution in [1.29, 1.82) is 0 Å². The van der Waals surface area contributed by atoms with Crippen molar-refractivity contribution in [1.82, 2.24) is 0 Å². The van der Waals surface area contributed by atoms with Crippen LogP contribution in [0.3, 0.4) is 0 Å². The van der Waals surface area contributed by atoms with E-state index in [0.29, 0.717) is 12.8 Å². The van der Waals surface area contributed by atoms with Crippen LogP contribution in [-0.2, 0) is 14.3 Å². The Morgan fingerprint density at radius 1 is 1.29 bits per heavy atom. The Labute approximate surface area is 179 Å². The number of esters is 2. The molecule has 9 nitrogen and oxygen atoms in total. The highest BCUT2D eigenvalue weighted by Gasteiger charge is 2.68. The van der Waals surface area contributed by atoms with Crippen LogP contribution in [0.5, 0.6) is 0 Å². The molecule has 1 heterocycles. The zero-order valence-corrected chi connectivity index (χ0v) is 17.4. The first-order valence-corrected chi connectivity index (χ1v) is 10.3. The molecule has 1 saturated heterocycles. The average Bonchev–Trinajstić information content (AvgIpc) is 3.04. The third-order valence-corrected chi connectivity index (χ3v) is 7.49. The standard InChI is InChI=1S/C22H26NO8/c1-20(11-24)8-3-9-21(2)17(20)16(10-15-19(26)30-12-22(15,21)27)31-18(25)13-4-6-14(7-5-13)23(28)29/h4-7,10,16-17,24,27-28H,3,8-9,11-12H2,1-2H3/q-1/t16?,17?,20-,21+,22-/m1/s1. The molecule has 4 rings (SSSR count). The third kappa shape index (κ3) is 3.15. The third-order valence-electron chi connectivity index (χ3n) is 7.49. The van der Waals surface area contributed by atoms with Gasteiger partial charge in [-0.15, -0.1) is 0 Å². The summed E-state index contributed by atoms with van der Waals surface area (Å²) in [7, 11) is 0. The molecule has 0 spiro atoms. The Morgan fingerprint density at radius 3 is 2.58 bits per heavy atom. The number of rotatable bonds is 4. The molecule has 1 aromatic rings. The number of aliphatic hydroxyl groups is 2. The van der Waals surface area contributed by atoms with Crippen LogP contribution in [0.25, 0.3) is 0 Å². The number of benzene rings is 1. The number of carbonyl (C=O) groups excluding carboxylic acids is 2. The summed E-state index contributed by atoms with van der Waals surface area (Å²) in [5, 5.41) is 41.4. The molecule has 0 radical (unpaired) electrons. The second-order valence-corrected chi connectivity index (χ2v) is 9.27. The minimum Gasteiger partial charge on any atom is -0.733 e. The number of cyclic esters (lactones) is 1. The molecule has 3 N–H and O–H groups in total. The predicted molar refractivity (Wildman–Crippen MR) is 108 cm³/mol. The second kappa shape index (κ2) is 7.30. The molecule has 2 unspecified atom stereocenters. The van der Waals surface area contributed by atoms with E-state index in [-0.39, 0.29) is 35.3 Å². The van der Waals surface area contributed by atoms with Crippen LogP contribution in [0, 0.1) is 22.0 Å². The molecule has 0 aromatic heterocycles. The summed E-state index contributed by atoms with van der Waals surface area (Å²) in [5.74, 6) is -1.78. The predicted octanol–water partition coefficient (Wildman–Crippen LogP) is 1.94. The summed E-state index contributed by atoms with van der Waals surface area (Å²) in [4.78, 5) is 25.2. The van der Waals surface area contributed by atoms with Crippen molar-refractivity contribution in [2.45, 2.75) is 44.8 Å². The molecule has 168 valence electrons. The van der Waals surface area contributed by atoms with Gasteiger partial charge >= 0.3 is 11.9 Å². The van der Waals surface area contributed by atoms with Gasteiger partial charge in [-0.1, -0.05) is 20.3 Å². The zero-order valence-electron chi connectivity index (χ0n) is 17.4. The fourth-order valence-electron chi connectivity index (χ4n) is 5.79. The van der Waals surface area contributed by atoms with Crippen LogP contribution >= 0.6 is 0 Å². The van der Waals surface area contributed by atoms with E-state index < -0.39 is 40.4 Å². The molecule has 0 bridgehead atoms. The van der Waals surface area contributed by atoms with Gasteiger partial charge in [0.1, 0.15) is 18.3 Å². The van der Waals surface area contributed by atoms with E-state index in [0.717, 1.165) is 6.42 Å².